The summed E-state index contributed by atoms with van der Waals surface area (Å²) in [6.07, 6.45) is 0. The van der Waals surface area contributed by atoms with Gasteiger partial charge in [0.25, 0.3) is 0 Å². The second-order valence-corrected chi connectivity index (χ2v) is 41.8. The molecule has 0 aliphatic rings. The predicted molar refractivity (Wildman–Crippen MR) is 119 cm³/mol. The Kier molecular flexibility index (Phi) is 6.37. The van der Waals surface area contributed by atoms with Crippen LogP contribution in [0.25, 0.3) is 20.9 Å². The van der Waals surface area contributed by atoms with Gasteiger partial charge in [-0.15, -0.1) is 0 Å². The fourth-order valence-corrected chi connectivity index (χ4v) is 15.5. The molecule has 0 saturated heterocycles. The van der Waals surface area contributed by atoms with Crippen molar-refractivity contribution >= 4 is 65.2 Å². The van der Waals surface area contributed by atoms with E-state index in [-0.39, 0.29) is 9.75 Å². The Morgan fingerprint density at radius 2 is 0.821 bits per heavy atom. The van der Waals surface area contributed by atoms with Crippen molar-refractivity contribution in [2.24, 2.45) is 0 Å². The maximum atomic E-state index is 14.9. The normalized spacial score (nSPS) is 12.6. The van der Waals surface area contributed by atoms with Crippen molar-refractivity contribution in [1.29, 1.82) is 0 Å². The van der Waals surface area contributed by atoms with Crippen molar-refractivity contribution in [2.45, 2.75) is 29.6 Å². The second-order valence-electron chi connectivity index (χ2n) is 8.83. The Bertz CT molecular complexity index is 927. The van der Waals surface area contributed by atoms with Gasteiger partial charge in [-0.2, -0.15) is 0 Å². The van der Waals surface area contributed by atoms with E-state index in [0.29, 0.717) is 0 Å². The van der Waals surface area contributed by atoms with Crippen LogP contribution in [0.1, 0.15) is 0 Å². The number of hydrogen-bond acceptors (Lipinski definition) is 2. The second kappa shape index (κ2) is 7.89. The molecule has 0 N–H and O–H groups in total. The molecular weight excluding hydrogens is 618 g/mol. The van der Waals surface area contributed by atoms with Gasteiger partial charge >= 0.3 is 181 Å². The molecule has 0 saturated carbocycles. The monoisotopic (exact) mass is 642 g/mol. The number of hydrogen-bond donors (Lipinski definition) is 0. The predicted octanol–water partition coefficient (Wildman–Crippen LogP) is 6.79. The first kappa shape index (κ1) is 22.6. The van der Waals surface area contributed by atoms with Gasteiger partial charge in [-0.1, -0.05) is 0 Å². The van der Waals surface area contributed by atoms with E-state index in [4.69, 9.17) is 0 Å². The number of benzene rings is 1. The van der Waals surface area contributed by atoms with Gasteiger partial charge < -0.3 is 0 Å². The molecule has 0 atom stereocenters. The van der Waals surface area contributed by atoms with Gasteiger partial charge in [0, 0.05) is 0 Å². The summed E-state index contributed by atoms with van der Waals surface area (Å²) in [6.45, 7) is 0. The zero-order valence-electron chi connectivity index (χ0n) is 16.6. The van der Waals surface area contributed by atoms with Gasteiger partial charge in [-0.25, -0.2) is 0 Å². The van der Waals surface area contributed by atoms with E-state index < -0.39 is 71.1 Å². The van der Waals surface area contributed by atoms with E-state index in [0.717, 1.165) is 5.79 Å². The van der Waals surface area contributed by atoms with Crippen LogP contribution in [0.15, 0.2) is 24.3 Å². The summed E-state index contributed by atoms with van der Waals surface area (Å²) in [5.74, 6) is -5.28. The third-order valence-electron chi connectivity index (χ3n) is 4.45. The van der Waals surface area contributed by atoms with Crippen molar-refractivity contribution in [2.75, 3.05) is 0 Å². The molecule has 2 heterocycles. The van der Waals surface area contributed by atoms with E-state index in [1.165, 1.54) is 22.7 Å². The van der Waals surface area contributed by atoms with Gasteiger partial charge in [0.05, 0.1) is 0 Å². The van der Waals surface area contributed by atoms with Crippen molar-refractivity contribution < 1.29 is 17.6 Å². The molecule has 1 aromatic carbocycles. The maximum absolute atomic E-state index is 14.9. The Morgan fingerprint density at radius 1 is 0.536 bits per heavy atom. The van der Waals surface area contributed by atoms with Gasteiger partial charge in [0.2, 0.25) is 0 Å². The van der Waals surface area contributed by atoms with Crippen molar-refractivity contribution in [1.82, 2.24) is 0 Å². The summed E-state index contributed by atoms with van der Waals surface area (Å²) in [5.41, 5.74) is -1.20. The summed E-state index contributed by atoms with van der Waals surface area (Å²) < 4.78 is 61.7. The quantitative estimate of drug-likeness (QED) is 0.168. The van der Waals surface area contributed by atoms with Crippen LogP contribution in [0, 0.1) is 23.3 Å². The molecule has 2 aromatic heterocycles. The van der Waals surface area contributed by atoms with Gasteiger partial charge in [-0.05, 0) is 0 Å². The summed E-state index contributed by atoms with van der Waals surface area (Å²) in [6, 6.07) is 6.81. The molecule has 0 radical (unpaired) electrons. The van der Waals surface area contributed by atoms with E-state index in [1.54, 1.807) is 12.1 Å². The minimum absolute atomic E-state index is 0.235. The van der Waals surface area contributed by atoms with Crippen LogP contribution in [0.2, 0.25) is 29.6 Å². The first-order valence-corrected chi connectivity index (χ1v) is 30.5. The minimum atomic E-state index is -2.44. The molecular formula is C20H22F4S2Sn2. The summed E-state index contributed by atoms with van der Waals surface area (Å²) in [5, 5.41) is 0. The van der Waals surface area contributed by atoms with Crippen LogP contribution in [0.3, 0.4) is 0 Å². The average molecular weight is 640 g/mol. The first-order valence-electron chi connectivity index (χ1n) is 8.89. The van der Waals surface area contributed by atoms with Crippen LogP contribution in [0.5, 0.6) is 0 Å². The van der Waals surface area contributed by atoms with E-state index in [9.17, 15) is 17.6 Å². The topological polar surface area (TPSA) is 0 Å². The Balaban J connectivity index is 2.18. The molecule has 0 fully saturated rings. The van der Waals surface area contributed by atoms with Crippen LogP contribution in [-0.2, 0) is 0 Å². The third-order valence-corrected chi connectivity index (χ3v) is 25.6. The van der Waals surface area contributed by atoms with Gasteiger partial charge in [-0.3, -0.25) is 0 Å². The fraction of sp³-hybridized carbons (Fsp3) is 0.300. The van der Waals surface area contributed by atoms with Crippen LogP contribution in [0.4, 0.5) is 17.6 Å². The summed E-state index contributed by atoms with van der Waals surface area (Å²) in [7, 11) is 0. The van der Waals surface area contributed by atoms with E-state index in [2.05, 4.69) is 29.6 Å². The molecule has 150 valence electrons. The van der Waals surface area contributed by atoms with Crippen molar-refractivity contribution in [3.63, 3.8) is 0 Å². The van der Waals surface area contributed by atoms with Crippen LogP contribution in [-0.4, -0.2) is 36.8 Å². The SMILES string of the molecule is [CH3][Sn]([CH3])([CH3])[c]1ccc(-c2c(F)c(F)c(-c3cc[c]([Sn]([CH3])([CH3])[CH3])s3)c(F)c2F)s1. The zero-order chi connectivity index (χ0) is 21.0. The number of thiophene rings is 2. The molecule has 0 aliphatic carbocycles. The third kappa shape index (κ3) is 4.20. The van der Waals surface area contributed by atoms with Crippen molar-refractivity contribution in [3.8, 4) is 20.9 Å². The molecule has 0 aliphatic heterocycles. The molecule has 0 bridgehead atoms. The molecule has 0 unspecified atom stereocenters. The Morgan fingerprint density at radius 3 is 1.04 bits per heavy atom. The van der Waals surface area contributed by atoms with Gasteiger partial charge in [0.1, 0.15) is 0 Å². The first-order chi connectivity index (χ1) is 12.8. The molecule has 3 aromatic rings. The van der Waals surface area contributed by atoms with Crippen LogP contribution < -0.4 is 5.79 Å². The summed E-state index contributed by atoms with van der Waals surface area (Å²) >= 11 is -2.41. The summed E-state index contributed by atoms with van der Waals surface area (Å²) in [4.78, 5) is 13.5. The Labute approximate surface area is 179 Å². The van der Waals surface area contributed by atoms with Crippen molar-refractivity contribution in [3.05, 3.63) is 47.5 Å². The Hall–Kier alpha value is -0.0626. The molecule has 0 spiro atoms. The molecule has 3 rings (SSSR count). The van der Waals surface area contributed by atoms with E-state index in [1.807, 2.05) is 12.1 Å². The van der Waals surface area contributed by atoms with Crippen LogP contribution >= 0.6 is 22.7 Å². The molecule has 0 nitrogen and oxygen atoms in total. The number of rotatable bonds is 4. The van der Waals surface area contributed by atoms with E-state index >= 15 is 0 Å². The molecule has 28 heavy (non-hydrogen) atoms. The number of halogens is 4. The average Bonchev–Trinajstić information content (AvgIpc) is 3.22. The van der Waals surface area contributed by atoms with Gasteiger partial charge in [0.15, 0.2) is 0 Å². The fourth-order valence-electron chi connectivity index (χ4n) is 2.82. The molecule has 0 amide bonds. The zero-order valence-corrected chi connectivity index (χ0v) is 24.0. The standard InChI is InChI=1S/C14H4F4S2.6CH3.2Sn/c15-11-9(7-3-1-5-19-7)12(16)14(18)10(13(11)17)8-4-2-6-20-8;;;;;;;;/h1-4H;6*1H3;;. The molecule has 8 heteroatoms.